The molecule has 0 unspecified atom stereocenters. The van der Waals surface area contributed by atoms with E-state index in [0.717, 1.165) is 32.7 Å². The lowest BCUT2D eigenvalue weighted by Crippen LogP contribution is -2.54. The molecule has 0 aromatic rings. The third-order valence-electron chi connectivity index (χ3n) is 3.47. The monoisotopic (exact) mass is 255 g/mol. The van der Waals surface area contributed by atoms with Crippen molar-refractivity contribution in [1.29, 1.82) is 0 Å². The topological polar surface area (TPSA) is 35.6 Å². The summed E-state index contributed by atoms with van der Waals surface area (Å²) >= 11 is 0. The fourth-order valence-corrected chi connectivity index (χ4v) is 2.25. The molecule has 0 saturated carbocycles. The van der Waals surface area contributed by atoms with E-state index in [1.54, 1.807) is 0 Å². The lowest BCUT2D eigenvalue weighted by atomic mass is 10.0. The lowest BCUT2D eigenvalue weighted by Gasteiger charge is -2.42. The summed E-state index contributed by atoms with van der Waals surface area (Å²) < 4.78 is 0. The summed E-state index contributed by atoms with van der Waals surface area (Å²) in [6.07, 6.45) is 0.619. The number of hydrogen-bond donors (Lipinski definition) is 1. The van der Waals surface area contributed by atoms with Gasteiger partial charge in [-0.25, -0.2) is 0 Å². The smallest absolute Gasteiger partial charge is 0.223 e. The Balaban J connectivity index is 2.28. The second-order valence-corrected chi connectivity index (χ2v) is 6.40. The number of carbonyl (C=O) groups excluding carboxylic acids is 1. The van der Waals surface area contributed by atoms with Crippen molar-refractivity contribution in [1.82, 2.24) is 15.1 Å². The fourth-order valence-electron chi connectivity index (χ4n) is 2.25. The molecule has 0 aromatic heterocycles. The van der Waals surface area contributed by atoms with E-state index in [-0.39, 0.29) is 11.4 Å². The van der Waals surface area contributed by atoms with Crippen LogP contribution in [0.3, 0.4) is 0 Å². The van der Waals surface area contributed by atoms with Crippen LogP contribution in [0.4, 0.5) is 0 Å². The maximum Gasteiger partial charge on any atom is 0.223 e. The van der Waals surface area contributed by atoms with E-state index in [9.17, 15) is 4.79 Å². The van der Waals surface area contributed by atoms with Gasteiger partial charge in [0, 0.05) is 50.7 Å². The lowest BCUT2D eigenvalue weighted by molar-refractivity contribution is -0.133. The van der Waals surface area contributed by atoms with Crippen molar-refractivity contribution in [2.45, 2.75) is 52.6 Å². The molecule has 1 rings (SSSR count). The minimum atomic E-state index is 0.217. The van der Waals surface area contributed by atoms with Gasteiger partial charge in [0.05, 0.1) is 0 Å². The van der Waals surface area contributed by atoms with Crippen molar-refractivity contribution in [2.75, 3.05) is 32.7 Å². The molecule has 0 aliphatic carbocycles. The minimum absolute atomic E-state index is 0.217. The Bertz CT molecular complexity index is 263. The van der Waals surface area contributed by atoms with Crippen LogP contribution in [0.25, 0.3) is 0 Å². The van der Waals surface area contributed by atoms with Crippen molar-refractivity contribution in [3.8, 4) is 0 Å². The number of nitrogens with one attached hydrogen (secondary N) is 1. The number of hydrogen-bond acceptors (Lipinski definition) is 3. The molecule has 1 fully saturated rings. The maximum absolute atomic E-state index is 12.0. The zero-order valence-corrected chi connectivity index (χ0v) is 12.6. The Morgan fingerprint density at radius 2 is 1.72 bits per heavy atom. The SMILES string of the molecule is CC(C)NCCC(=O)N1CCN(C(C)(C)C)CC1. The Kier molecular flexibility index (Phi) is 5.60. The molecule has 1 heterocycles. The number of nitrogens with zero attached hydrogens (tertiary/aromatic N) is 2. The van der Waals surface area contributed by atoms with Gasteiger partial charge in [-0.3, -0.25) is 9.69 Å². The first kappa shape index (κ1) is 15.4. The van der Waals surface area contributed by atoms with Gasteiger partial charge < -0.3 is 10.2 Å². The first-order chi connectivity index (χ1) is 8.30. The van der Waals surface area contributed by atoms with Crippen molar-refractivity contribution < 1.29 is 4.79 Å². The van der Waals surface area contributed by atoms with Crippen LogP contribution in [0, 0.1) is 0 Å². The standard InChI is InChI=1S/C14H29N3O/c1-12(2)15-7-6-13(18)16-8-10-17(11-9-16)14(3,4)5/h12,15H,6-11H2,1-5H3. The molecule has 0 atom stereocenters. The Labute approximate surface area is 112 Å². The second kappa shape index (κ2) is 6.53. The van der Waals surface area contributed by atoms with Crippen molar-refractivity contribution >= 4 is 5.91 Å². The van der Waals surface area contributed by atoms with E-state index < -0.39 is 0 Å². The van der Waals surface area contributed by atoms with Crippen LogP contribution in [0.1, 0.15) is 41.0 Å². The van der Waals surface area contributed by atoms with E-state index in [1.165, 1.54) is 0 Å². The zero-order chi connectivity index (χ0) is 13.8. The van der Waals surface area contributed by atoms with Crippen LogP contribution in [-0.4, -0.2) is 60.0 Å². The molecule has 0 spiro atoms. The van der Waals surface area contributed by atoms with Gasteiger partial charge in [0.2, 0.25) is 5.91 Å². The van der Waals surface area contributed by atoms with Crippen LogP contribution in [0.15, 0.2) is 0 Å². The van der Waals surface area contributed by atoms with E-state index in [2.05, 4.69) is 44.8 Å². The first-order valence-corrected chi connectivity index (χ1v) is 7.07. The molecular weight excluding hydrogens is 226 g/mol. The summed E-state index contributed by atoms with van der Waals surface area (Å²) in [6.45, 7) is 15.4. The van der Waals surface area contributed by atoms with Crippen molar-refractivity contribution in [3.63, 3.8) is 0 Å². The molecule has 106 valence electrons. The normalized spacial score (nSPS) is 18.4. The van der Waals surface area contributed by atoms with E-state index in [1.807, 2.05) is 4.90 Å². The molecule has 4 nitrogen and oxygen atoms in total. The third-order valence-corrected chi connectivity index (χ3v) is 3.47. The summed E-state index contributed by atoms with van der Waals surface area (Å²) in [5.74, 6) is 0.289. The molecule has 18 heavy (non-hydrogen) atoms. The molecule has 4 heteroatoms. The number of carbonyl (C=O) groups is 1. The van der Waals surface area contributed by atoms with Crippen LogP contribution >= 0.6 is 0 Å². The van der Waals surface area contributed by atoms with Gasteiger partial charge in [0.15, 0.2) is 0 Å². The third kappa shape index (κ3) is 4.94. The van der Waals surface area contributed by atoms with Gasteiger partial charge in [-0.1, -0.05) is 13.8 Å². The van der Waals surface area contributed by atoms with Crippen LogP contribution in [0.2, 0.25) is 0 Å². The highest BCUT2D eigenvalue weighted by Gasteiger charge is 2.27. The molecule has 0 aromatic carbocycles. The Morgan fingerprint density at radius 1 is 1.17 bits per heavy atom. The van der Waals surface area contributed by atoms with E-state index in [4.69, 9.17) is 0 Å². The molecular formula is C14H29N3O. The summed E-state index contributed by atoms with van der Waals surface area (Å²) in [5, 5.41) is 3.29. The highest BCUT2D eigenvalue weighted by molar-refractivity contribution is 5.76. The van der Waals surface area contributed by atoms with Gasteiger partial charge in [0.25, 0.3) is 0 Å². The van der Waals surface area contributed by atoms with Gasteiger partial charge in [-0.2, -0.15) is 0 Å². The van der Waals surface area contributed by atoms with Gasteiger partial charge in [-0.15, -0.1) is 0 Å². The van der Waals surface area contributed by atoms with Crippen molar-refractivity contribution in [2.24, 2.45) is 0 Å². The number of rotatable bonds is 4. The molecule has 1 aliphatic heterocycles. The van der Waals surface area contributed by atoms with Crippen LogP contribution < -0.4 is 5.32 Å². The maximum atomic E-state index is 12.0. The van der Waals surface area contributed by atoms with Crippen molar-refractivity contribution in [3.05, 3.63) is 0 Å². The molecule has 0 bridgehead atoms. The zero-order valence-electron chi connectivity index (χ0n) is 12.6. The summed E-state index contributed by atoms with van der Waals surface area (Å²) in [7, 11) is 0. The molecule has 1 N–H and O–H groups in total. The van der Waals surface area contributed by atoms with E-state index in [0.29, 0.717) is 12.5 Å². The predicted octanol–water partition coefficient (Wildman–Crippen LogP) is 1.32. The predicted molar refractivity (Wildman–Crippen MR) is 75.7 cm³/mol. The van der Waals surface area contributed by atoms with Gasteiger partial charge >= 0.3 is 0 Å². The minimum Gasteiger partial charge on any atom is -0.340 e. The van der Waals surface area contributed by atoms with E-state index >= 15 is 0 Å². The first-order valence-electron chi connectivity index (χ1n) is 7.07. The quantitative estimate of drug-likeness (QED) is 0.823. The van der Waals surface area contributed by atoms with Crippen LogP contribution in [-0.2, 0) is 4.79 Å². The molecule has 1 saturated heterocycles. The van der Waals surface area contributed by atoms with Gasteiger partial charge in [0.1, 0.15) is 0 Å². The summed E-state index contributed by atoms with van der Waals surface area (Å²) in [6, 6.07) is 0.454. The number of piperazine rings is 1. The molecule has 1 amide bonds. The average Bonchev–Trinajstić information content (AvgIpc) is 2.27. The highest BCUT2D eigenvalue weighted by atomic mass is 16.2. The number of amides is 1. The van der Waals surface area contributed by atoms with Crippen LogP contribution in [0.5, 0.6) is 0 Å². The summed E-state index contributed by atoms with van der Waals surface area (Å²) in [5.41, 5.74) is 0.217. The highest BCUT2D eigenvalue weighted by Crippen LogP contribution is 2.15. The Hall–Kier alpha value is -0.610. The van der Waals surface area contributed by atoms with Gasteiger partial charge in [-0.05, 0) is 20.8 Å². The largest absolute Gasteiger partial charge is 0.340 e. The molecule has 1 aliphatic rings. The molecule has 0 radical (unpaired) electrons. The Morgan fingerprint density at radius 3 is 2.17 bits per heavy atom. The second-order valence-electron chi connectivity index (χ2n) is 6.40. The fraction of sp³-hybridized carbons (Fsp3) is 0.929. The summed E-state index contributed by atoms with van der Waals surface area (Å²) in [4.78, 5) is 16.5. The average molecular weight is 255 g/mol.